The second-order valence-electron chi connectivity index (χ2n) is 3.31. The number of hydrogen-bond donors (Lipinski definition) is 3. The van der Waals surface area contributed by atoms with Gasteiger partial charge in [0.25, 0.3) is 10.0 Å². The fourth-order valence-electron chi connectivity index (χ4n) is 1.04. The first kappa shape index (κ1) is 12.2. The molecule has 0 saturated carbocycles. The van der Waals surface area contributed by atoms with Gasteiger partial charge in [0.15, 0.2) is 5.03 Å². The maximum atomic E-state index is 11.7. The summed E-state index contributed by atoms with van der Waals surface area (Å²) in [4.78, 5) is 6.66. The van der Waals surface area contributed by atoms with Crippen LogP contribution in [-0.4, -0.2) is 31.0 Å². The number of hydrogen-bond acceptors (Lipinski definition) is 4. The minimum absolute atomic E-state index is 0.0830. The van der Waals surface area contributed by atoms with Crippen molar-refractivity contribution in [3.8, 4) is 0 Å². The van der Waals surface area contributed by atoms with Gasteiger partial charge in [-0.1, -0.05) is 6.92 Å². The lowest BCUT2D eigenvalue weighted by Crippen LogP contribution is -2.37. The normalized spacial score (nSPS) is 14.1. The van der Waals surface area contributed by atoms with Crippen molar-refractivity contribution >= 4 is 10.0 Å². The molecule has 1 atom stereocenters. The lowest BCUT2D eigenvalue weighted by Gasteiger charge is -2.09. The SMILES string of the molecule is CCc1ncc(S(=O)(=O)N[C@H](C)CN)[nH]1. The molecule has 0 radical (unpaired) electrons. The third-order valence-electron chi connectivity index (χ3n) is 1.94. The molecule has 0 aromatic carbocycles. The first-order valence-corrected chi connectivity index (χ1v) is 6.24. The van der Waals surface area contributed by atoms with E-state index in [1.807, 2.05) is 6.92 Å². The van der Waals surface area contributed by atoms with Gasteiger partial charge in [0.05, 0.1) is 6.20 Å². The van der Waals surface area contributed by atoms with E-state index < -0.39 is 10.0 Å². The van der Waals surface area contributed by atoms with Crippen molar-refractivity contribution in [1.82, 2.24) is 14.7 Å². The van der Waals surface area contributed by atoms with Crippen LogP contribution in [0.5, 0.6) is 0 Å². The van der Waals surface area contributed by atoms with Crippen molar-refractivity contribution in [1.29, 1.82) is 0 Å². The molecular weight excluding hydrogens is 216 g/mol. The van der Waals surface area contributed by atoms with Crippen molar-refractivity contribution in [3.05, 3.63) is 12.0 Å². The highest BCUT2D eigenvalue weighted by atomic mass is 32.2. The Labute approximate surface area is 89.3 Å². The molecule has 86 valence electrons. The standard InChI is InChI=1S/C8H16N4O2S/c1-3-7-10-5-8(11-7)15(13,14)12-6(2)4-9/h5-6,12H,3-4,9H2,1-2H3,(H,10,11)/t6-/m1/s1. The molecular formula is C8H16N4O2S. The Morgan fingerprint density at radius 1 is 1.67 bits per heavy atom. The highest BCUT2D eigenvalue weighted by Gasteiger charge is 2.18. The Morgan fingerprint density at radius 2 is 2.33 bits per heavy atom. The molecule has 1 aromatic rings. The molecule has 1 heterocycles. The number of sulfonamides is 1. The number of rotatable bonds is 5. The van der Waals surface area contributed by atoms with Gasteiger partial charge in [0.2, 0.25) is 0 Å². The fourth-order valence-corrected chi connectivity index (χ4v) is 2.23. The molecule has 7 heteroatoms. The monoisotopic (exact) mass is 232 g/mol. The smallest absolute Gasteiger partial charge is 0.257 e. The maximum absolute atomic E-state index is 11.7. The Kier molecular flexibility index (Phi) is 3.83. The van der Waals surface area contributed by atoms with Gasteiger partial charge in [-0.3, -0.25) is 0 Å². The third-order valence-corrected chi connectivity index (χ3v) is 3.44. The van der Waals surface area contributed by atoms with Crippen molar-refractivity contribution in [3.63, 3.8) is 0 Å². The molecule has 6 nitrogen and oxygen atoms in total. The molecule has 15 heavy (non-hydrogen) atoms. The predicted octanol–water partition coefficient (Wildman–Crippen LogP) is -0.402. The van der Waals surface area contributed by atoms with Crippen LogP contribution >= 0.6 is 0 Å². The minimum atomic E-state index is -3.51. The second kappa shape index (κ2) is 4.73. The van der Waals surface area contributed by atoms with Crippen LogP contribution in [-0.2, 0) is 16.4 Å². The number of nitrogens with one attached hydrogen (secondary N) is 2. The Balaban J connectivity index is 2.86. The highest BCUT2D eigenvalue weighted by molar-refractivity contribution is 7.89. The Bertz CT molecular complexity index is 412. The van der Waals surface area contributed by atoms with E-state index in [1.54, 1.807) is 6.92 Å². The van der Waals surface area contributed by atoms with E-state index >= 15 is 0 Å². The minimum Gasteiger partial charge on any atom is -0.332 e. The maximum Gasteiger partial charge on any atom is 0.257 e. The number of aryl methyl sites for hydroxylation is 1. The van der Waals surface area contributed by atoms with Crippen LogP contribution in [0, 0.1) is 0 Å². The lowest BCUT2D eigenvalue weighted by atomic mass is 10.4. The molecule has 0 saturated heterocycles. The van der Waals surface area contributed by atoms with Gasteiger partial charge in [0, 0.05) is 19.0 Å². The van der Waals surface area contributed by atoms with Gasteiger partial charge in [-0.25, -0.2) is 18.1 Å². The van der Waals surface area contributed by atoms with E-state index in [0.29, 0.717) is 12.2 Å². The summed E-state index contributed by atoms with van der Waals surface area (Å²) in [6.07, 6.45) is 1.98. The van der Waals surface area contributed by atoms with E-state index in [1.165, 1.54) is 6.20 Å². The van der Waals surface area contributed by atoms with Gasteiger partial charge in [0.1, 0.15) is 5.82 Å². The number of H-pyrrole nitrogens is 1. The molecule has 0 aliphatic heterocycles. The first-order valence-electron chi connectivity index (χ1n) is 4.76. The zero-order valence-corrected chi connectivity index (χ0v) is 9.63. The predicted molar refractivity (Wildman–Crippen MR) is 56.8 cm³/mol. The summed E-state index contributed by atoms with van der Waals surface area (Å²) in [6.45, 7) is 3.85. The summed E-state index contributed by atoms with van der Waals surface area (Å²) in [5.41, 5.74) is 5.34. The summed E-state index contributed by atoms with van der Waals surface area (Å²) in [5.74, 6) is 0.649. The molecule has 0 fully saturated rings. The summed E-state index contributed by atoms with van der Waals surface area (Å²) in [5, 5.41) is 0.0830. The molecule has 0 amide bonds. The Morgan fingerprint density at radius 3 is 2.80 bits per heavy atom. The molecule has 1 rings (SSSR count). The molecule has 1 aromatic heterocycles. The van der Waals surface area contributed by atoms with Crippen LogP contribution in [0.1, 0.15) is 19.7 Å². The van der Waals surface area contributed by atoms with Crippen molar-refractivity contribution in [2.24, 2.45) is 5.73 Å². The molecule has 0 aliphatic rings. The number of aromatic nitrogens is 2. The fraction of sp³-hybridized carbons (Fsp3) is 0.625. The van der Waals surface area contributed by atoms with Crippen LogP contribution < -0.4 is 10.5 Å². The average Bonchev–Trinajstić information content (AvgIpc) is 2.65. The van der Waals surface area contributed by atoms with E-state index in [2.05, 4.69) is 14.7 Å². The van der Waals surface area contributed by atoms with E-state index in [9.17, 15) is 8.42 Å². The Hall–Kier alpha value is -0.920. The van der Waals surface area contributed by atoms with Crippen LogP contribution in [0.4, 0.5) is 0 Å². The van der Waals surface area contributed by atoms with E-state index in [0.717, 1.165) is 0 Å². The topological polar surface area (TPSA) is 101 Å². The molecule has 0 bridgehead atoms. The summed E-state index contributed by atoms with van der Waals surface area (Å²) in [6, 6.07) is -0.289. The number of imidazole rings is 1. The lowest BCUT2D eigenvalue weighted by molar-refractivity contribution is 0.559. The average molecular weight is 232 g/mol. The third kappa shape index (κ3) is 3.01. The molecule has 0 spiro atoms. The van der Waals surface area contributed by atoms with E-state index in [4.69, 9.17) is 5.73 Å². The molecule has 0 aliphatic carbocycles. The number of nitrogens with zero attached hydrogens (tertiary/aromatic N) is 1. The zero-order chi connectivity index (χ0) is 11.5. The van der Waals surface area contributed by atoms with Crippen LogP contribution in [0.2, 0.25) is 0 Å². The zero-order valence-electron chi connectivity index (χ0n) is 8.82. The van der Waals surface area contributed by atoms with Gasteiger partial charge >= 0.3 is 0 Å². The molecule has 4 N–H and O–H groups in total. The van der Waals surface area contributed by atoms with Crippen LogP contribution in [0.25, 0.3) is 0 Å². The number of aromatic amines is 1. The van der Waals surface area contributed by atoms with Gasteiger partial charge in [-0.2, -0.15) is 0 Å². The van der Waals surface area contributed by atoms with Crippen molar-refractivity contribution in [2.45, 2.75) is 31.3 Å². The summed E-state index contributed by atoms with van der Waals surface area (Å²) in [7, 11) is -3.51. The van der Waals surface area contributed by atoms with Crippen molar-refractivity contribution < 1.29 is 8.42 Å². The van der Waals surface area contributed by atoms with E-state index in [-0.39, 0.29) is 17.6 Å². The first-order chi connectivity index (χ1) is 6.99. The summed E-state index contributed by atoms with van der Waals surface area (Å²) < 4.78 is 25.8. The largest absolute Gasteiger partial charge is 0.332 e. The van der Waals surface area contributed by atoms with Gasteiger partial charge < -0.3 is 10.7 Å². The van der Waals surface area contributed by atoms with Gasteiger partial charge in [-0.05, 0) is 6.92 Å². The van der Waals surface area contributed by atoms with Crippen LogP contribution in [0.15, 0.2) is 11.2 Å². The van der Waals surface area contributed by atoms with Crippen LogP contribution in [0.3, 0.4) is 0 Å². The number of nitrogens with two attached hydrogens (primary N) is 1. The van der Waals surface area contributed by atoms with Crippen molar-refractivity contribution in [2.75, 3.05) is 6.54 Å². The quantitative estimate of drug-likeness (QED) is 0.642. The highest BCUT2D eigenvalue weighted by Crippen LogP contribution is 2.06. The van der Waals surface area contributed by atoms with Gasteiger partial charge in [-0.15, -0.1) is 0 Å². The molecule has 0 unspecified atom stereocenters. The summed E-state index contributed by atoms with van der Waals surface area (Å²) >= 11 is 0. The second-order valence-corrected chi connectivity index (χ2v) is 4.99.